The van der Waals surface area contributed by atoms with Crippen molar-refractivity contribution in [2.24, 2.45) is 0 Å². The van der Waals surface area contributed by atoms with Crippen LogP contribution in [0, 0.1) is 11.3 Å². The molecule has 0 spiro atoms. The maximum atomic E-state index is 12.7. The molecule has 0 amide bonds. The molecule has 1 aliphatic carbocycles. The minimum Gasteiger partial charge on any atom is -0.235 e. The molecule has 0 saturated heterocycles. The summed E-state index contributed by atoms with van der Waals surface area (Å²) in [5.41, 5.74) is 3.06. The van der Waals surface area contributed by atoms with E-state index in [1.165, 1.54) is 0 Å². The molecular weight excluding hydrogens is 329 g/mol. The Balaban J connectivity index is 1.70. The predicted octanol–water partition coefficient (Wildman–Crippen LogP) is 4.22. The van der Waals surface area contributed by atoms with Gasteiger partial charge in [-0.25, -0.2) is 4.68 Å². The summed E-state index contributed by atoms with van der Waals surface area (Å²) >= 11 is 0. The summed E-state index contributed by atoms with van der Waals surface area (Å²) < 4.78 is 38.8. The molecule has 0 bridgehead atoms. The lowest BCUT2D eigenvalue weighted by Gasteiger charge is -2.09. The van der Waals surface area contributed by atoms with Gasteiger partial charge in [-0.15, -0.1) is 5.10 Å². The highest BCUT2D eigenvalue weighted by Crippen LogP contribution is 2.47. The van der Waals surface area contributed by atoms with Gasteiger partial charge >= 0.3 is 6.18 Å². The molecule has 4 nitrogen and oxygen atoms in total. The van der Waals surface area contributed by atoms with Crippen molar-refractivity contribution in [3.63, 3.8) is 0 Å². The Kier molecular flexibility index (Phi) is 3.32. The van der Waals surface area contributed by atoms with Crippen LogP contribution in [0.5, 0.6) is 0 Å². The van der Waals surface area contributed by atoms with Gasteiger partial charge in [0.2, 0.25) is 0 Å². The molecule has 4 rings (SSSR count). The molecule has 1 saturated carbocycles. The Bertz CT molecular complexity index is 976. The lowest BCUT2D eigenvalue weighted by molar-refractivity contribution is -0.142. The van der Waals surface area contributed by atoms with Crippen LogP contribution >= 0.6 is 0 Å². The maximum absolute atomic E-state index is 12.7. The molecule has 0 aliphatic heterocycles. The number of alkyl halides is 3. The van der Waals surface area contributed by atoms with Crippen LogP contribution in [0.15, 0.2) is 42.5 Å². The molecule has 1 fully saturated rings. The summed E-state index contributed by atoms with van der Waals surface area (Å²) in [6.45, 7) is -1.17. The average molecular weight is 342 g/mol. The number of halogens is 3. The molecule has 7 heteroatoms. The number of hydrogen-bond donors (Lipinski definition) is 0. The summed E-state index contributed by atoms with van der Waals surface area (Å²) in [4.78, 5) is 0. The normalized spacial score (nSPS) is 15.9. The molecule has 126 valence electrons. The number of aromatic nitrogens is 3. The molecule has 0 atom stereocenters. The topological polar surface area (TPSA) is 54.5 Å². The molecule has 25 heavy (non-hydrogen) atoms. The largest absolute Gasteiger partial charge is 0.408 e. The Hall–Kier alpha value is -2.88. The van der Waals surface area contributed by atoms with Crippen molar-refractivity contribution in [1.82, 2.24) is 15.0 Å². The van der Waals surface area contributed by atoms with Gasteiger partial charge < -0.3 is 0 Å². The summed E-state index contributed by atoms with van der Waals surface area (Å²) in [6, 6.07) is 15.1. The minimum absolute atomic E-state index is 0.342. The lowest BCUT2D eigenvalue weighted by atomic mass is 9.95. The van der Waals surface area contributed by atoms with Crippen molar-refractivity contribution in [3.05, 3.63) is 48.0 Å². The first-order chi connectivity index (χ1) is 11.9. The molecular formula is C18H13F3N4. The highest BCUT2D eigenvalue weighted by atomic mass is 19.4. The summed E-state index contributed by atoms with van der Waals surface area (Å²) in [6.07, 6.45) is -2.61. The fourth-order valence-electron chi connectivity index (χ4n) is 3.00. The van der Waals surface area contributed by atoms with E-state index in [2.05, 4.69) is 16.4 Å². The van der Waals surface area contributed by atoms with Crippen molar-refractivity contribution in [2.45, 2.75) is 31.0 Å². The van der Waals surface area contributed by atoms with E-state index in [-0.39, 0.29) is 5.41 Å². The zero-order chi connectivity index (χ0) is 17.7. The van der Waals surface area contributed by atoms with Crippen LogP contribution in [0.2, 0.25) is 0 Å². The molecule has 0 radical (unpaired) electrons. The average Bonchev–Trinajstić information content (AvgIpc) is 3.31. The molecule has 0 unspecified atom stereocenters. The number of nitriles is 1. The zero-order valence-electron chi connectivity index (χ0n) is 13.1. The quantitative estimate of drug-likeness (QED) is 0.716. The van der Waals surface area contributed by atoms with Crippen LogP contribution in [-0.4, -0.2) is 21.2 Å². The highest BCUT2D eigenvalue weighted by Gasteiger charge is 2.44. The van der Waals surface area contributed by atoms with Gasteiger partial charge in [-0.2, -0.15) is 18.4 Å². The first-order valence-corrected chi connectivity index (χ1v) is 7.82. The standard InChI is InChI=1S/C18H13F3N4/c19-18(20,21)11-25-16-9-13(3-6-15(16)23-24-25)12-1-4-14(5-2-12)17(10-22)7-8-17/h1-6,9H,7-8,11H2. The highest BCUT2D eigenvalue weighted by molar-refractivity contribution is 5.81. The van der Waals surface area contributed by atoms with Gasteiger partial charge in [0.1, 0.15) is 12.1 Å². The Labute approximate surface area is 141 Å². The lowest BCUT2D eigenvalue weighted by Crippen LogP contribution is -2.18. The van der Waals surface area contributed by atoms with Gasteiger partial charge in [0.05, 0.1) is 17.0 Å². The van der Waals surface area contributed by atoms with Crippen molar-refractivity contribution in [2.75, 3.05) is 0 Å². The van der Waals surface area contributed by atoms with Gasteiger partial charge in [-0.1, -0.05) is 35.5 Å². The van der Waals surface area contributed by atoms with E-state index in [0.717, 1.165) is 34.2 Å². The Morgan fingerprint density at radius 2 is 1.76 bits per heavy atom. The summed E-state index contributed by atoms with van der Waals surface area (Å²) in [5.74, 6) is 0. The molecule has 1 aliphatic rings. The minimum atomic E-state index is -4.35. The number of fused-ring (bicyclic) bond motifs is 1. The summed E-state index contributed by atoms with van der Waals surface area (Å²) in [7, 11) is 0. The van der Waals surface area contributed by atoms with Crippen LogP contribution in [0.1, 0.15) is 18.4 Å². The van der Waals surface area contributed by atoms with E-state index in [4.69, 9.17) is 0 Å². The fourth-order valence-corrected chi connectivity index (χ4v) is 3.00. The second kappa shape index (κ2) is 5.31. The second-order valence-electron chi connectivity index (χ2n) is 6.34. The third kappa shape index (κ3) is 2.84. The van der Waals surface area contributed by atoms with E-state index in [9.17, 15) is 18.4 Å². The molecule has 0 N–H and O–H groups in total. The first-order valence-electron chi connectivity index (χ1n) is 7.82. The van der Waals surface area contributed by atoms with Gasteiger partial charge in [0, 0.05) is 0 Å². The van der Waals surface area contributed by atoms with Crippen LogP contribution in [0.25, 0.3) is 22.2 Å². The molecule has 3 aromatic rings. The van der Waals surface area contributed by atoms with Crippen molar-refractivity contribution in [3.8, 4) is 17.2 Å². The fraction of sp³-hybridized carbons (Fsp3) is 0.278. The van der Waals surface area contributed by atoms with E-state index in [1.54, 1.807) is 18.2 Å². The van der Waals surface area contributed by atoms with Crippen LogP contribution in [0.4, 0.5) is 13.2 Å². The Morgan fingerprint density at radius 3 is 2.36 bits per heavy atom. The van der Waals surface area contributed by atoms with Gasteiger partial charge in [-0.3, -0.25) is 0 Å². The van der Waals surface area contributed by atoms with E-state index in [1.807, 2.05) is 24.3 Å². The smallest absolute Gasteiger partial charge is 0.235 e. The summed E-state index contributed by atoms with van der Waals surface area (Å²) in [5, 5.41) is 16.6. The SMILES string of the molecule is N#CC1(c2ccc(-c3ccc4nnn(CC(F)(F)F)c4c3)cc2)CC1. The number of nitrogens with zero attached hydrogens (tertiary/aromatic N) is 4. The first kappa shape index (κ1) is 15.6. The Morgan fingerprint density at radius 1 is 1.08 bits per heavy atom. The van der Waals surface area contributed by atoms with Gasteiger partial charge in [0.15, 0.2) is 0 Å². The zero-order valence-corrected chi connectivity index (χ0v) is 13.1. The van der Waals surface area contributed by atoms with Gasteiger partial charge in [0.25, 0.3) is 0 Å². The van der Waals surface area contributed by atoms with Gasteiger partial charge in [-0.05, 0) is 41.7 Å². The van der Waals surface area contributed by atoms with E-state index >= 15 is 0 Å². The maximum Gasteiger partial charge on any atom is 0.408 e. The molecule has 1 aromatic heterocycles. The van der Waals surface area contributed by atoms with Crippen LogP contribution in [0.3, 0.4) is 0 Å². The molecule has 2 aromatic carbocycles. The van der Waals surface area contributed by atoms with Crippen LogP contribution in [-0.2, 0) is 12.0 Å². The molecule has 1 heterocycles. The predicted molar refractivity (Wildman–Crippen MR) is 85.5 cm³/mol. The third-order valence-electron chi connectivity index (χ3n) is 4.58. The van der Waals surface area contributed by atoms with Crippen molar-refractivity contribution in [1.29, 1.82) is 5.26 Å². The van der Waals surface area contributed by atoms with E-state index < -0.39 is 12.7 Å². The van der Waals surface area contributed by atoms with Crippen LogP contribution < -0.4 is 0 Å². The second-order valence-corrected chi connectivity index (χ2v) is 6.34. The monoisotopic (exact) mass is 342 g/mol. The van der Waals surface area contributed by atoms with Crippen molar-refractivity contribution >= 4 is 11.0 Å². The number of benzene rings is 2. The van der Waals surface area contributed by atoms with E-state index in [0.29, 0.717) is 11.0 Å². The third-order valence-corrected chi connectivity index (χ3v) is 4.58. The van der Waals surface area contributed by atoms with Crippen molar-refractivity contribution < 1.29 is 13.2 Å². The number of rotatable bonds is 3. The number of hydrogen-bond acceptors (Lipinski definition) is 3.